The van der Waals surface area contributed by atoms with Gasteiger partial charge in [0.2, 0.25) is 0 Å². The van der Waals surface area contributed by atoms with Crippen LogP contribution in [0, 0.1) is 10.1 Å². The van der Waals surface area contributed by atoms with E-state index in [2.05, 4.69) is 15.6 Å². The smallest absolute Gasteiger partial charge is 0.315 e. The summed E-state index contributed by atoms with van der Waals surface area (Å²) in [7, 11) is 1.67. The zero-order valence-electron chi connectivity index (χ0n) is 11.3. The average molecular weight is 292 g/mol. The van der Waals surface area contributed by atoms with Crippen molar-refractivity contribution in [2.45, 2.75) is 12.8 Å². The van der Waals surface area contributed by atoms with E-state index < -0.39 is 0 Å². The molecule has 0 bridgehead atoms. The summed E-state index contributed by atoms with van der Waals surface area (Å²) in [4.78, 5) is 15.1. The minimum Gasteiger partial charge on any atom is -0.382 e. The number of nitrogens with zero attached hydrogens (tertiary/aromatic N) is 2. The largest absolute Gasteiger partial charge is 0.382 e. The average Bonchev–Trinajstić information content (AvgIpc) is 2.98. The van der Waals surface area contributed by atoms with Crippen molar-refractivity contribution in [3.63, 3.8) is 0 Å². The minimum atomic E-state index is -0.373. The molecule has 0 aliphatic heterocycles. The summed E-state index contributed by atoms with van der Waals surface area (Å²) in [6.45, 7) is 2.64. The van der Waals surface area contributed by atoms with Gasteiger partial charge >= 0.3 is 5.69 Å². The van der Waals surface area contributed by atoms with Crippen LogP contribution in [0.2, 0.25) is 0 Å². The number of nitrogens with one attached hydrogen (secondary N) is 2. The Balaban J connectivity index is 2.15. The summed E-state index contributed by atoms with van der Waals surface area (Å²) >= 11 is 1.59. The monoisotopic (exact) mass is 292 g/mol. The molecule has 1 heterocycles. The van der Waals surface area contributed by atoms with Crippen LogP contribution in [0.1, 0.15) is 17.8 Å². The fourth-order valence-corrected chi connectivity index (χ4v) is 2.61. The summed E-state index contributed by atoms with van der Waals surface area (Å²) < 4.78 is 0. The van der Waals surface area contributed by atoms with E-state index in [1.807, 2.05) is 12.3 Å². The maximum Gasteiger partial charge on any atom is 0.315 e. The van der Waals surface area contributed by atoms with Crippen molar-refractivity contribution in [3.8, 4) is 0 Å². The predicted molar refractivity (Wildman–Crippen MR) is 81.7 cm³/mol. The van der Waals surface area contributed by atoms with Gasteiger partial charge in [0.25, 0.3) is 0 Å². The number of nitro benzene ring substituents is 1. The molecule has 0 fully saturated rings. The van der Waals surface area contributed by atoms with Crippen LogP contribution in [-0.2, 0) is 0 Å². The molecule has 1 aromatic heterocycles. The second-order valence-corrected chi connectivity index (χ2v) is 5.29. The number of anilines is 2. The molecule has 1 atom stereocenters. The summed E-state index contributed by atoms with van der Waals surface area (Å²) in [5.41, 5.74) is 1.09. The lowest BCUT2D eigenvalue weighted by molar-refractivity contribution is -0.383. The molecule has 0 aliphatic rings. The zero-order chi connectivity index (χ0) is 14.5. The molecule has 0 radical (unpaired) electrons. The topological polar surface area (TPSA) is 80.1 Å². The first-order chi connectivity index (χ1) is 9.63. The molecule has 0 saturated heterocycles. The van der Waals surface area contributed by atoms with Gasteiger partial charge in [0.15, 0.2) is 0 Å². The fourth-order valence-electron chi connectivity index (χ4n) is 1.91. The molecule has 1 unspecified atom stereocenters. The van der Waals surface area contributed by atoms with Crippen molar-refractivity contribution in [1.29, 1.82) is 0 Å². The van der Waals surface area contributed by atoms with Crippen molar-refractivity contribution >= 4 is 28.4 Å². The van der Waals surface area contributed by atoms with Gasteiger partial charge in [0.05, 0.1) is 9.93 Å². The van der Waals surface area contributed by atoms with Gasteiger partial charge in [-0.25, -0.2) is 4.98 Å². The maximum atomic E-state index is 11.2. The number of rotatable bonds is 6. The normalized spacial score (nSPS) is 11.9. The molecule has 1 aromatic carbocycles. The quantitative estimate of drug-likeness (QED) is 0.630. The van der Waals surface area contributed by atoms with E-state index in [0.717, 1.165) is 5.01 Å². The van der Waals surface area contributed by atoms with Gasteiger partial charge in [0.1, 0.15) is 11.4 Å². The summed E-state index contributed by atoms with van der Waals surface area (Å²) in [6.07, 6.45) is 1.76. The molecule has 2 aromatic rings. The molecular formula is C13H16N4O2S. The number of nitro groups is 1. The maximum absolute atomic E-state index is 11.2. The van der Waals surface area contributed by atoms with E-state index in [1.54, 1.807) is 42.8 Å². The first-order valence-corrected chi connectivity index (χ1v) is 7.10. The second-order valence-electron chi connectivity index (χ2n) is 4.36. The Morgan fingerprint density at radius 1 is 1.45 bits per heavy atom. The number of hydrogen-bond donors (Lipinski definition) is 2. The summed E-state index contributed by atoms with van der Waals surface area (Å²) in [5, 5.41) is 20.1. The number of thiazole rings is 1. The highest BCUT2D eigenvalue weighted by Gasteiger charge is 2.19. The van der Waals surface area contributed by atoms with Crippen LogP contribution in [0.5, 0.6) is 0 Å². The van der Waals surface area contributed by atoms with Gasteiger partial charge in [0, 0.05) is 31.1 Å². The number of para-hydroxylation sites is 1. The third-order valence-corrected chi connectivity index (χ3v) is 3.97. The van der Waals surface area contributed by atoms with Crippen LogP contribution < -0.4 is 10.6 Å². The van der Waals surface area contributed by atoms with E-state index >= 15 is 0 Å². The Morgan fingerprint density at radius 3 is 2.80 bits per heavy atom. The van der Waals surface area contributed by atoms with Crippen LogP contribution in [-0.4, -0.2) is 23.5 Å². The lowest BCUT2D eigenvalue weighted by Gasteiger charge is -2.13. The van der Waals surface area contributed by atoms with E-state index in [4.69, 9.17) is 0 Å². The standard InChI is InChI=1S/C13H16N4O2S/c1-9(13-15-6-7-20-13)8-16-11-5-3-4-10(14-2)12(11)17(18)19/h3-7,9,14,16H,8H2,1-2H3. The summed E-state index contributed by atoms with van der Waals surface area (Å²) in [6, 6.07) is 5.19. The van der Waals surface area contributed by atoms with Crippen LogP contribution in [0.3, 0.4) is 0 Å². The van der Waals surface area contributed by atoms with Gasteiger partial charge in [-0.15, -0.1) is 11.3 Å². The molecule has 2 N–H and O–H groups in total. The highest BCUT2D eigenvalue weighted by atomic mass is 32.1. The van der Waals surface area contributed by atoms with Crippen LogP contribution >= 0.6 is 11.3 Å². The second kappa shape index (κ2) is 6.33. The lowest BCUT2D eigenvalue weighted by Crippen LogP contribution is -2.11. The number of hydrogen-bond acceptors (Lipinski definition) is 6. The Labute approximate surface area is 121 Å². The van der Waals surface area contributed by atoms with Crippen LogP contribution in [0.15, 0.2) is 29.8 Å². The van der Waals surface area contributed by atoms with Crippen LogP contribution in [0.4, 0.5) is 17.1 Å². The van der Waals surface area contributed by atoms with E-state index in [1.165, 1.54) is 0 Å². The highest BCUT2D eigenvalue weighted by molar-refractivity contribution is 7.09. The molecule has 0 aliphatic carbocycles. The third kappa shape index (κ3) is 3.05. The molecular weight excluding hydrogens is 276 g/mol. The highest BCUT2D eigenvalue weighted by Crippen LogP contribution is 2.33. The van der Waals surface area contributed by atoms with Crippen molar-refractivity contribution < 1.29 is 4.92 Å². The van der Waals surface area contributed by atoms with Gasteiger partial charge < -0.3 is 10.6 Å². The molecule has 2 rings (SSSR count). The molecule has 0 amide bonds. The zero-order valence-corrected chi connectivity index (χ0v) is 12.1. The van der Waals surface area contributed by atoms with Crippen LogP contribution in [0.25, 0.3) is 0 Å². The predicted octanol–water partition coefficient (Wildman–Crippen LogP) is 3.31. The molecule has 0 spiro atoms. The van der Waals surface area contributed by atoms with Gasteiger partial charge in [-0.3, -0.25) is 10.1 Å². The molecule has 7 heteroatoms. The SMILES string of the molecule is CNc1cccc(NCC(C)c2nccs2)c1[N+](=O)[O-]. The summed E-state index contributed by atoms with van der Waals surface area (Å²) in [5.74, 6) is 0.202. The van der Waals surface area contributed by atoms with Crippen molar-refractivity contribution in [2.75, 3.05) is 24.2 Å². The van der Waals surface area contributed by atoms with Crippen molar-refractivity contribution in [2.24, 2.45) is 0 Å². The van der Waals surface area contributed by atoms with Gasteiger partial charge in [-0.1, -0.05) is 13.0 Å². The fraction of sp³-hybridized carbons (Fsp3) is 0.308. The molecule has 6 nitrogen and oxygen atoms in total. The Hall–Kier alpha value is -2.15. The van der Waals surface area contributed by atoms with Crippen molar-refractivity contribution in [1.82, 2.24) is 4.98 Å². The van der Waals surface area contributed by atoms with E-state index in [-0.39, 0.29) is 16.5 Å². The van der Waals surface area contributed by atoms with Gasteiger partial charge in [-0.2, -0.15) is 0 Å². The van der Waals surface area contributed by atoms with Gasteiger partial charge in [-0.05, 0) is 12.1 Å². The van der Waals surface area contributed by atoms with E-state index in [9.17, 15) is 10.1 Å². The third-order valence-electron chi connectivity index (χ3n) is 2.96. The Kier molecular flexibility index (Phi) is 4.52. The molecule has 20 heavy (non-hydrogen) atoms. The Bertz CT molecular complexity index is 586. The first-order valence-electron chi connectivity index (χ1n) is 6.22. The number of benzene rings is 1. The molecule has 106 valence electrons. The van der Waals surface area contributed by atoms with E-state index in [0.29, 0.717) is 17.9 Å². The lowest BCUT2D eigenvalue weighted by atomic mass is 10.1. The first kappa shape index (κ1) is 14.3. The van der Waals surface area contributed by atoms with Crippen molar-refractivity contribution in [3.05, 3.63) is 44.9 Å². The minimum absolute atomic E-state index is 0.0707. The Morgan fingerprint density at radius 2 is 2.20 bits per heavy atom. The molecule has 0 saturated carbocycles. The number of aromatic nitrogens is 1.